The van der Waals surface area contributed by atoms with Gasteiger partial charge in [0.25, 0.3) is 5.91 Å². The van der Waals surface area contributed by atoms with Gasteiger partial charge < -0.3 is 15.2 Å². The summed E-state index contributed by atoms with van der Waals surface area (Å²) in [6, 6.07) is 3.45. The van der Waals surface area contributed by atoms with Gasteiger partial charge in [0.1, 0.15) is 0 Å². The zero-order chi connectivity index (χ0) is 14.4. The van der Waals surface area contributed by atoms with Gasteiger partial charge in [0.05, 0.1) is 12.7 Å². The Hall–Kier alpha value is -1.62. The van der Waals surface area contributed by atoms with Crippen LogP contribution in [0.2, 0.25) is 0 Å². The Morgan fingerprint density at radius 2 is 2.30 bits per heavy atom. The highest BCUT2D eigenvalue weighted by atomic mass is 16.5. The van der Waals surface area contributed by atoms with E-state index in [-0.39, 0.29) is 18.1 Å². The fraction of sp³-hybridized carbons (Fsp3) is 0.600. The average molecular weight is 278 g/mol. The van der Waals surface area contributed by atoms with Gasteiger partial charge in [-0.1, -0.05) is 12.8 Å². The number of hydrogen-bond acceptors (Lipinski definition) is 4. The van der Waals surface area contributed by atoms with Gasteiger partial charge in [0.15, 0.2) is 11.4 Å². The molecule has 20 heavy (non-hydrogen) atoms. The van der Waals surface area contributed by atoms with Crippen LogP contribution in [0.4, 0.5) is 0 Å². The van der Waals surface area contributed by atoms with Crippen molar-refractivity contribution in [2.75, 3.05) is 13.2 Å². The minimum Gasteiger partial charge on any atom is -0.491 e. The van der Waals surface area contributed by atoms with Gasteiger partial charge in [-0.3, -0.25) is 4.79 Å². The van der Waals surface area contributed by atoms with Crippen LogP contribution in [0, 0.1) is 5.92 Å². The standard InChI is InChI=1S/C15H22N2O3/c1-2-20-13-8-5-9-16-14(13)15(19)17-10-12(18)11-6-3-4-7-11/h5,8-9,11-12,18H,2-4,6-7,10H2,1H3,(H,17,19). The third-order valence-corrected chi connectivity index (χ3v) is 3.70. The van der Waals surface area contributed by atoms with Crippen molar-refractivity contribution in [2.24, 2.45) is 5.92 Å². The van der Waals surface area contributed by atoms with Gasteiger partial charge in [-0.05, 0) is 37.8 Å². The van der Waals surface area contributed by atoms with Gasteiger partial charge in [-0.15, -0.1) is 0 Å². The maximum absolute atomic E-state index is 12.1. The van der Waals surface area contributed by atoms with Gasteiger partial charge in [0, 0.05) is 12.7 Å². The molecule has 1 amide bonds. The highest BCUT2D eigenvalue weighted by Crippen LogP contribution is 2.27. The summed E-state index contributed by atoms with van der Waals surface area (Å²) >= 11 is 0. The summed E-state index contributed by atoms with van der Waals surface area (Å²) in [5.74, 6) is 0.486. The summed E-state index contributed by atoms with van der Waals surface area (Å²) in [5.41, 5.74) is 0.271. The first-order valence-electron chi connectivity index (χ1n) is 7.26. The van der Waals surface area contributed by atoms with Gasteiger partial charge in [-0.2, -0.15) is 0 Å². The molecule has 1 aliphatic rings. The average Bonchev–Trinajstić information content (AvgIpc) is 2.99. The molecule has 1 aliphatic carbocycles. The second-order valence-electron chi connectivity index (χ2n) is 5.11. The second kappa shape index (κ2) is 7.24. The highest BCUT2D eigenvalue weighted by Gasteiger charge is 2.24. The first kappa shape index (κ1) is 14.8. The molecule has 0 aliphatic heterocycles. The van der Waals surface area contributed by atoms with Crippen molar-refractivity contribution in [1.82, 2.24) is 10.3 Å². The summed E-state index contributed by atoms with van der Waals surface area (Å²) in [6.45, 7) is 2.61. The molecule has 1 fully saturated rings. The summed E-state index contributed by atoms with van der Waals surface area (Å²) < 4.78 is 5.38. The van der Waals surface area contributed by atoms with Crippen LogP contribution in [0.1, 0.15) is 43.1 Å². The molecule has 1 aromatic heterocycles. The van der Waals surface area contributed by atoms with Crippen molar-refractivity contribution >= 4 is 5.91 Å². The molecule has 1 saturated carbocycles. The van der Waals surface area contributed by atoms with Crippen molar-refractivity contribution in [3.05, 3.63) is 24.0 Å². The van der Waals surface area contributed by atoms with E-state index in [0.29, 0.717) is 18.3 Å². The molecule has 2 N–H and O–H groups in total. The van der Waals surface area contributed by atoms with E-state index in [0.717, 1.165) is 12.8 Å². The molecule has 0 saturated heterocycles. The predicted octanol–water partition coefficient (Wildman–Crippen LogP) is 1.76. The zero-order valence-corrected chi connectivity index (χ0v) is 11.8. The largest absolute Gasteiger partial charge is 0.491 e. The molecule has 1 atom stereocenters. The first-order valence-corrected chi connectivity index (χ1v) is 7.26. The quantitative estimate of drug-likeness (QED) is 0.831. The van der Waals surface area contributed by atoms with E-state index in [1.807, 2.05) is 6.92 Å². The second-order valence-corrected chi connectivity index (χ2v) is 5.11. The monoisotopic (exact) mass is 278 g/mol. The van der Waals surface area contributed by atoms with Crippen LogP contribution in [0.25, 0.3) is 0 Å². The number of rotatable bonds is 6. The van der Waals surface area contributed by atoms with Crippen LogP contribution in [-0.4, -0.2) is 35.3 Å². The number of carbonyl (C=O) groups is 1. The SMILES string of the molecule is CCOc1cccnc1C(=O)NCC(O)C1CCCC1. The molecule has 0 spiro atoms. The normalized spacial score (nSPS) is 16.9. The van der Waals surface area contributed by atoms with Crippen molar-refractivity contribution in [1.29, 1.82) is 0 Å². The predicted molar refractivity (Wildman–Crippen MR) is 75.7 cm³/mol. The summed E-state index contributed by atoms with van der Waals surface area (Å²) in [6.07, 6.45) is 5.52. The number of nitrogens with zero attached hydrogens (tertiary/aromatic N) is 1. The fourth-order valence-corrected chi connectivity index (χ4v) is 2.62. The van der Waals surface area contributed by atoms with E-state index in [1.54, 1.807) is 18.3 Å². The maximum Gasteiger partial charge on any atom is 0.273 e. The van der Waals surface area contributed by atoms with E-state index >= 15 is 0 Å². The topological polar surface area (TPSA) is 71.5 Å². The molecule has 1 heterocycles. The molecule has 5 nitrogen and oxygen atoms in total. The van der Waals surface area contributed by atoms with E-state index in [4.69, 9.17) is 4.74 Å². The first-order chi connectivity index (χ1) is 9.72. The molecule has 110 valence electrons. The Morgan fingerprint density at radius 3 is 3.00 bits per heavy atom. The minimum atomic E-state index is -0.472. The molecule has 1 aromatic rings. The van der Waals surface area contributed by atoms with Crippen LogP contribution in [0.3, 0.4) is 0 Å². The van der Waals surface area contributed by atoms with Crippen LogP contribution in [-0.2, 0) is 0 Å². The maximum atomic E-state index is 12.1. The van der Waals surface area contributed by atoms with E-state index in [1.165, 1.54) is 12.8 Å². The lowest BCUT2D eigenvalue weighted by molar-refractivity contribution is 0.0833. The number of carbonyl (C=O) groups excluding carboxylic acids is 1. The van der Waals surface area contributed by atoms with Crippen LogP contribution in [0.15, 0.2) is 18.3 Å². The van der Waals surface area contributed by atoms with Crippen LogP contribution in [0.5, 0.6) is 5.75 Å². The summed E-state index contributed by atoms with van der Waals surface area (Å²) in [5, 5.41) is 12.8. The number of hydrogen-bond donors (Lipinski definition) is 2. The van der Waals surface area contributed by atoms with Crippen molar-refractivity contribution < 1.29 is 14.6 Å². The molecule has 0 radical (unpaired) electrons. The zero-order valence-electron chi connectivity index (χ0n) is 11.8. The van der Waals surface area contributed by atoms with Gasteiger partial charge in [0.2, 0.25) is 0 Å². The molecule has 0 bridgehead atoms. The molecule has 0 aromatic carbocycles. The third kappa shape index (κ3) is 3.70. The number of aromatic nitrogens is 1. The molecule has 1 unspecified atom stereocenters. The highest BCUT2D eigenvalue weighted by molar-refractivity contribution is 5.94. The molecular weight excluding hydrogens is 256 g/mol. The van der Waals surface area contributed by atoms with Crippen molar-refractivity contribution in [2.45, 2.75) is 38.7 Å². The number of aliphatic hydroxyl groups is 1. The van der Waals surface area contributed by atoms with E-state index in [9.17, 15) is 9.90 Å². The molecule has 2 rings (SSSR count). The van der Waals surface area contributed by atoms with E-state index < -0.39 is 6.10 Å². The molecule has 5 heteroatoms. The number of aliphatic hydroxyl groups excluding tert-OH is 1. The lowest BCUT2D eigenvalue weighted by Crippen LogP contribution is -2.36. The summed E-state index contributed by atoms with van der Waals surface area (Å²) in [4.78, 5) is 16.1. The number of nitrogens with one attached hydrogen (secondary N) is 1. The van der Waals surface area contributed by atoms with Gasteiger partial charge in [-0.25, -0.2) is 4.98 Å². The Kier molecular flexibility index (Phi) is 5.35. The Morgan fingerprint density at radius 1 is 1.55 bits per heavy atom. The lowest BCUT2D eigenvalue weighted by Gasteiger charge is -2.18. The number of pyridine rings is 1. The number of ether oxygens (including phenoxy) is 1. The Bertz CT molecular complexity index is 444. The van der Waals surface area contributed by atoms with Gasteiger partial charge >= 0.3 is 0 Å². The van der Waals surface area contributed by atoms with E-state index in [2.05, 4.69) is 10.3 Å². The van der Waals surface area contributed by atoms with Crippen molar-refractivity contribution in [3.8, 4) is 5.75 Å². The third-order valence-electron chi connectivity index (χ3n) is 3.70. The Balaban J connectivity index is 1.91. The lowest BCUT2D eigenvalue weighted by atomic mass is 10.0. The molecular formula is C15H22N2O3. The summed E-state index contributed by atoms with van der Waals surface area (Å²) in [7, 11) is 0. The fourth-order valence-electron chi connectivity index (χ4n) is 2.62. The Labute approximate surface area is 119 Å². The smallest absolute Gasteiger partial charge is 0.273 e. The number of amides is 1. The van der Waals surface area contributed by atoms with Crippen molar-refractivity contribution in [3.63, 3.8) is 0 Å². The van der Waals surface area contributed by atoms with Crippen LogP contribution < -0.4 is 10.1 Å². The van der Waals surface area contributed by atoms with Crippen LogP contribution >= 0.6 is 0 Å². The minimum absolute atomic E-state index is 0.269.